The second-order valence-electron chi connectivity index (χ2n) is 4.28. The van der Waals surface area contributed by atoms with Crippen LogP contribution in [0.25, 0.3) is 0 Å². The quantitative estimate of drug-likeness (QED) is 0.857. The highest BCUT2D eigenvalue weighted by Gasteiger charge is 2.19. The molecular weight excluding hydrogens is 266 g/mol. The molecule has 1 radical (unpaired) electrons. The van der Waals surface area contributed by atoms with Gasteiger partial charge in [-0.15, -0.1) is 4.83 Å². The van der Waals surface area contributed by atoms with Crippen LogP contribution in [0.1, 0.15) is 6.42 Å². The molecule has 1 fully saturated rings. The maximum absolute atomic E-state index is 12.2. The van der Waals surface area contributed by atoms with Crippen molar-refractivity contribution in [2.45, 2.75) is 11.3 Å². The fraction of sp³-hybridized carbons (Fsp3) is 0.500. The lowest BCUT2D eigenvalue weighted by Gasteiger charge is -2.20. The number of sulfonamides is 1. The standard InChI is InChI=1S/C12H18N3O3S/c1-18-11-3-5-12(6-4-11)19(16,17)14-15-9-2-7-13-8-10-15/h3-6,14H,2,7-10H2,1H3. The van der Waals surface area contributed by atoms with Crippen LogP contribution in [0.4, 0.5) is 0 Å². The molecule has 0 spiro atoms. The van der Waals surface area contributed by atoms with Crippen molar-refractivity contribution in [3.8, 4) is 5.75 Å². The molecule has 6 nitrogen and oxygen atoms in total. The molecule has 1 heterocycles. The van der Waals surface area contributed by atoms with Crippen molar-refractivity contribution in [1.82, 2.24) is 15.2 Å². The Labute approximate surface area is 113 Å². The van der Waals surface area contributed by atoms with Crippen LogP contribution in [0.2, 0.25) is 0 Å². The van der Waals surface area contributed by atoms with E-state index in [4.69, 9.17) is 4.74 Å². The fourth-order valence-electron chi connectivity index (χ4n) is 1.86. The number of methoxy groups -OCH3 is 1. The lowest BCUT2D eigenvalue weighted by atomic mass is 10.3. The first-order valence-corrected chi connectivity index (χ1v) is 7.65. The summed E-state index contributed by atoms with van der Waals surface area (Å²) in [5.74, 6) is 0.632. The lowest BCUT2D eigenvalue weighted by Crippen LogP contribution is -2.43. The molecule has 0 unspecified atom stereocenters. The molecule has 1 saturated heterocycles. The summed E-state index contributed by atoms with van der Waals surface area (Å²) in [6, 6.07) is 6.32. The molecular formula is C12H18N3O3S. The van der Waals surface area contributed by atoms with E-state index in [0.29, 0.717) is 25.4 Å². The molecule has 7 heteroatoms. The van der Waals surface area contributed by atoms with Crippen LogP contribution in [0, 0.1) is 0 Å². The number of nitrogens with zero attached hydrogens (tertiary/aromatic N) is 2. The first-order chi connectivity index (χ1) is 9.12. The number of hydrogen-bond donors (Lipinski definition) is 1. The van der Waals surface area contributed by atoms with E-state index in [2.05, 4.69) is 10.1 Å². The van der Waals surface area contributed by atoms with Crippen LogP contribution in [-0.2, 0) is 10.0 Å². The molecule has 0 amide bonds. The van der Waals surface area contributed by atoms with E-state index in [9.17, 15) is 8.42 Å². The SMILES string of the molecule is COc1ccc(S(=O)(=O)NN2CCC[N]CC2)cc1. The van der Waals surface area contributed by atoms with Crippen LogP contribution in [0.5, 0.6) is 5.75 Å². The van der Waals surface area contributed by atoms with Gasteiger partial charge in [0.15, 0.2) is 0 Å². The number of ether oxygens (including phenoxy) is 1. The van der Waals surface area contributed by atoms with E-state index in [1.807, 2.05) is 0 Å². The van der Waals surface area contributed by atoms with Gasteiger partial charge in [0.1, 0.15) is 5.75 Å². The average molecular weight is 284 g/mol. The second-order valence-corrected chi connectivity index (χ2v) is 5.94. The van der Waals surface area contributed by atoms with Crippen molar-refractivity contribution in [2.75, 3.05) is 33.3 Å². The topological polar surface area (TPSA) is 72.7 Å². The fourth-order valence-corrected chi connectivity index (χ4v) is 2.98. The van der Waals surface area contributed by atoms with Crippen LogP contribution in [0.3, 0.4) is 0 Å². The zero-order valence-corrected chi connectivity index (χ0v) is 11.7. The molecule has 105 valence electrons. The highest BCUT2D eigenvalue weighted by molar-refractivity contribution is 7.89. The summed E-state index contributed by atoms with van der Waals surface area (Å²) in [4.78, 5) is 2.82. The van der Waals surface area contributed by atoms with Gasteiger partial charge in [-0.2, -0.15) is 0 Å². The molecule has 0 aromatic heterocycles. The van der Waals surface area contributed by atoms with Gasteiger partial charge in [0.25, 0.3) is 10.0 Å². The van der Waals surface area contributed by atoms with Crippen molar-refractivity contribution < 1.29 is 13.2 Å². The molecule has 1 N–H and O–H groups in total. The first-order valence-electron chi connectivity index (χ1n) is 6.16. The number of hydrazine groups is 1. The highest BCUT2D eigenvalue weighted by atomic mass is 32.2. The monoisotopic (exact) mass is 284 g/mol. The minimum absolute atomic E-state index is 0.231. The van der Waals surface area contributed by atoms with E-state index in [-0.39, 0.29) is 4.90 Å². The summed E-state index contributed by atoms with van der Waals surface area (Å²) in [5, 5.41) is 5.96. The molecule has 0 saturated carbocycles. The van der Waals surface area contributed by atoms with Crippen molar-refractivity contribution >= 4 is 10.0 Å². The molecule has 0 aliphatic carbocycles. The lowest BCUT2D eigenvalue weighted by molar-refractivity contribution is 0.257. The van der Waals surface area contributed by atoms with Crippen molar-refractivity contribution in [1.29, 1.82) is 0 Å². The molecule has 0 bridgehead atoms. The molecule has 1 aliphatic heterocycles. The van der Waals surface area contributed by atoms with Gasteiger partial charge in [-0.25, -0.2) is 18.7 Å². The van der Waals surface area contributed by atoms with Gasteiger partial charge in [0.05, 0.1) is 12.0 Å². The maximum Gasteiger partial charge on any atom is 0.253 e. The Hall–Kier alpha value is -1.15. The molecule has 19 heavy (non-hydrogen) atoms. The smallest absolute Gasteiger partial charge is 0.253 e. The van der Waals surface area contributed by atoms with Crippen molar-refractivity contribution in [3.63, 3.8) is 0 Å². The average Bonchev–Trinajstić information content (AvgIpc) is 2.67. The van der Waals surface area contributed by atoms with Gasteiger partial charge in [-0.1, -0.05) is 0 Å². The Kier molecular flexibility index (Phi) is 4.76. The van der Waals surface area contributed by atoms with Gasteiger partial charge >= 0.3 is 0 Å². The van der Waals surface area contributed by atoms with Crippen LogP contribution < -0.4 is 14.9 Å². The predicted molar refractivity (Wildman–Crippen MR) is 71.4 cm³/mol. The Bertz CT molecular complexity index is 493. The Balaban J connectivity index is 2.07. The first kappa shape index (κ1) is 14.3. The Morgan fingerprint density at radius 1 is 1.21 bits per heavy atom. The molecule has 0 atom stereocenters. The zero-order valence-electron chi connectivity index (χ0n) is 10.9. The minimum atomic E-state index is -3.52. The maximum atomic E-state index is 12.2. The number of hydrogen-bond acceptors (Lipinski definition) is 4. The number of benzene rings is 1. The van der Waals surface area contributed by atoms with Crippen LogP contribution in [-0.4, -0.2) is 46.7 Å². The van der Waals surface area contributed by atoms with Gasteiger partial charge in [0.2, 0.25) is 0 Å². The second kappa shape index (κ2) is 6.33. The Morgan fingerprint density at radius 2 is 1.95 bits per heavy atom. The Morgan fingerprint density at radius 3 is 2.63 bits per heavy atom. The van der Waals surface area contributed by atoms with Gasteiger partial charge in [-0.3, -0.25) is 0 Å². The summed E-state index contributed by atoms with van der Waals surface area (Å²) >= 11 is 0. The summed E-state index contributed by atoms with van der Waals surface area (Å²) in [6.07, 6.45) is 0.866. The largest absolute Gasteiger partial charge is 0.497 e. The van der Waals surface area contributed by atoms with Crippen LogP contribution >= 0.6 is 0 Å². The summed E-state index contributed by atoms with van der Waals surface area (Å²) in [7, 11) is -1.98. The van der Waals surface area contributed by atoms with Crippen molar-refractivity contribution in [2.24, 2.45) is 0 Å². The van der Waals surface area contributed by atoms with Gasteiger partial charge in [0, 0.05) is 26.2 Å². The normalized spacial score (nSPS) is 17.9. The molecule has 1 aromatic rings. The van der Waals surface area contributed by atoms with Gasteiger partial charge in [-0.05, 0) is 30.7 Å². The van der Waals surface area contributed by atoms with Crippen LogP contribution in [0.15, 0.2) is 29.2 Å². The third kappa shape index (κ3) is 3.90. The zero-order chi connectivity index (χ0) is 13.7. The molecule has 1 aliphatic rings. The van der Waals surface area contributed by atoms with Crippen molar-refractivity contribution in [3.05, 3.63) is 24.3 Å². The molecule has 2 rings (SSSR count). The van der Waals surface area contributed by atoms with E-state index in [1.54, 1.807) is 24.3 Å². The predicted octanol–water partition coefficient (Wildman–Crippen LogP) is 0.199. The number of nitrogens with one attached hydrogen (secondary N) is 1. The van der Waals surface area contributed by atoms with E-state index in [0.717, 1.165) is 13.0 Å². The third-order valence-corrected chi connectivity index (χ3v) is 4.28. The highest BCUT2D eigenvalue weighted by Crippen LogP contribution is 2.15. The van der Waals surface area contributed by atoms with Gasteiger partial charge < -0.3 is 4.74 Å². The number of rotatable bonds is 4. The van der Waals surface area contributed by atoms with E-state index >= 15 is 0 Å². The summed E-state index contributed by atoms with van der Waals surface area (Å²) in [5.41, 5.74) is 0. The van der Waals surface area contributed by atoms with E-state index < -0.39 is 10.0 Å². The third-order valence-electron chi connectivity index (χ3n) is 2.89. The molecule has 1 aromatic carbocycles. The summed E-state index contributed by atoms with van der Waals surface area (Å²) < 4.78 is 29.4. The summed E-state index contributed by atoms with van der Waals surface area (Å²) in [6.45, 7) is 2.74. The minimum Gasteiger partial charge on any atom is -0.497 e. The van der Waals surface area contributed by atoms with E-state index in [1.165, 1.54) is 12.1 Å².